The van der Waals surface area contributed by atoms with Crippen LogP contribution in [0.3, 0.4) is 0 Å². The average molecular weight is 333 g/mol. The Morgan fingerprint density at radius 3 is 2.56 bits per heavy atom. The van der Waals surface area contributed by atoms with Crippen LogP contribution in [-0.2, 0) is 4.79 Å². The zero-order valence-corrected chi connectivity index (χ0v) is 13.7. The highest BCUT2D eigenvalue weighted by atomic mass is 16.3. The Labute approximate surface area is 146 Å². The molecular formula is C20H19N3O2. The number of amides is 1. The van der Waals surface area contributed by atoms with Crippen LogP contribution in [-0.4, -0.2) is 39.6 Å². The van der Waals surface area contributed by atoms with Crippen molar-refractivity contribution in [1.29, 1.82) is 5.26 Å². The van der Waals surface area contributed by atoms with Crippen molar-refractivity contribution in [3.8, 4) is 17.2 Å². The molecule has 1 saturated carbocycles. The third-order valence-electron chi connectivity index (χ3n) is 5.20. The number of aliphatic hydroxyl groups excluding tert-OH is 1. The predicted octanol–water partition coefficient (Wildman–Crippen LogP) is 2.34. The van der Waals surface area contributed by atoms with E-state index in [-0.39, 0.29) is 30.4 Å². The third-order valence-corrected chi connectivity index (χ3v) is 5.20. The molecule has 2 fully saturated rings. The number of carbonyl (C=O) groups excluding carboxylic acids is 1. The Balaban J connectivity index is 1.58. The van der Waals surface area contributed by atoms with Gasteiger partial charge in [0.25, 0.3) is 0 Å². The second-order valence-corrected chi connectivity index (χ2v) is 6.73. The standard InChI is InChI=1S/C20H19N3O2/c21-10-17-19(18(12-24)23(17)20(25)15-7-8-15)14-5-3-13(4-6-14)16-2-1-9-22-11-16/h1-6,9,11,15,17-19,24H,7-8,12H2/t17-,18-,19+/m1/s1. The van der Waals surface area contributed by atoms with Gasteiger partial charge in [-0.15, -0.1) is 0 Å². The Bertz CT molecular complexity index is 809. The van der Waals surface area contributed by atoms with E-state index in [1.165, 1.54) is 0 Å². The summed E-state index contributed by atoms with van der Waals surface area (Å²) in [6, 6.07) is 13.3. The smallest absolute Gasteiger partial charge is 0.227 e. The monoisotopic (exact) mass is 333 g/mol. The van der Waals surface area contributed by atoms with Crippen molar-refractivity contribution >= 4 is 5.91 Å². The van der Waals surface area contributed by atoms with Gasteiger partial charge >= 0.3 is 0 Å². The third kappa shape index (κ3) is 2.69. The number of benzene rings is 1. The summed E-state index contributed by atoms with van der Waals surface area (Å²) in [7, 11) is 0. The topological polar surface area (TPSA) is 77.2 Å². The van der Waals surface area contributed by atoms with Gasteiger partial charge in [-0.3, -0.25) is 9.78 Å². The molecule has 0 radical (unpaired) electrons. The fourth-order valence-corrected chi connectivity index (χ4v) is 3.68. The predicted molar refractivity (Wildman–Crippen MR) is 92.3 cm³/mol. The molecule has 0 unspecified atom stereocenters. The van der Waals surface area contributed by atoms with Gasteiger partial charge in [-0.1, -0.05) is 30.3 Å². The highest BCUT2D eigenvalue weighted by Gasteiger charge is 2.53. The summed E-state index contributed by atoms with van der Waals surface area (Å²) in [5, 5.41) is 19.3. The van der Waals surface area contributed by atoms with Crippen LogP contribution in [0.4, 0.5) is 0 Å². The van der Waals surface area contributed by atoms with E-state index in [2.05, 4.69) is 11.1 Å². The highest BCUT2D eigenvalue weighted by Crippen LogP contribution is 2.44. The van der Waals surface area contributed by atoms with E-state index in [0.717, 1.165) is 29.5 Å². The number of aliphatic hydroxyl groups is 1. The molecule has 2 aliphatic rings. The molecule has 1 N–H and O–H groups in total. The molecule has 0 bridgehead atoms. The second-order valence-electron chi connectivity index (χ2n) is 6.73. The van der Waals surface area contributed by atoms with Crippen LogP contribution in [0.15, 0.2) is 48.8 Å². The van der Waals surface area contributed by atoms with Gasteiger partial charge in [-0.05, 0) is 35.6 Å². The van der Waals surface area contributed by atoms with E-state index in [9.17, 15) is 15.2 Å². The molecule has 1 amide bonds. The minimum absolute atomic E-state index is 0.0221. The number of rotatable bonds is 4. The van der Waals surface area contributed by atoms with Crippen molar-refractivity contribution in [3.63, 3.8) is 0 Å². The summed E-state index contributed by atoms with van der Waals surface area (Å²) in [6.07, 6.45) is 5.34. The molecule has 1 aliphatic heterocycles. The Morgan fingerprint density at radius 1 is 1.24 bits per heavy atom. The number of nitriles is 1. The van der Waals surface area contributed by atoms with Gasteiger partial charge in [0.2, 0.25) is 5.91 Å². The number of carbonyl (C=O) groups is 1. The van der Waals surface area contributed by atoms with Crippen molar-refractivity contribution in [2.45, 2.75) is 30.8 Å². The normalized spacial score (nSPS) is 25.1. The maximum Gasteiger partial charge on any atom is 0.227 e. The molecule has 2 aromatic rings. The first-order valence-electron chi connectivity index (χ1n) is 8.57. The van der Waals surface area contributed by atoms with E-state index in [1.807, 2.05) is 42.6 Å². The lowest BCUT2D eigenvalue weighted by Crippen LogP contribution is -2.65. The maximum absolute atomic E-state index is 12.4. The molecule has 0 spiro atoms. The van der Waals surface area contributed by atoms with E-state index in [1.54, 1.807) is 11.1 Å². The number of hydrogen-bond acceptors (Lipinski definition) is 4. The van der Waals surface area contributed by atoms with Crippen molar-refractivity contribution in [2.24, 2.45) is 5.92 Å². The highest BCUT2D eigenvalue weighted by molar-refractivity contribution is 5.83. The molecule has 4 rings (SSSR count). The van der Waals surface area contributed by atoms with Gasteiger partial charge < -0.3 is 10.0 Å². The minimum atomic E-state index is -0.491. The van der Waals surface area contributed by atoms with Gasteiger partial charge in [-0.2, -0.15) is 5.26 Å². The zero-order valence-electron chi connectivity index (χ0n) is 13.7. The molecule has 1 saturated heterocycles. The van der Waals surface area contributed by atoms with Crippen LogP contribution in [0.5, 0.6) is 0 Å². The van der Waals surface area contributed by atoms with Gasteiger partial charge in [0.1, 0.15) is 6.04 Å². The number of hydrogen-bond donors (Lipinski definition) is 1. The molecule has 126 valence electrons. The molecule has 1 aromatic carbocycles. The molecular weight excluding hydrogens is 314 g/mol. The summed E-state index contributed by atoms with van der Waals surface area (Å²) in [4.78, 5) is 18.1. The fraction of sp³-hybridized carbons (Fsp3) is 0.350. The average Bonchev–Trinajstić information content (AvgIpc) is 3.48. The lowest BCUT2D eigenvalue weighted by Gasteiger charge is -2.51. The molecule has 25 heavy (non-hydrogen) atoms. The molecule has 1 aliphatic carbocycles. The first kappa shape index (κ1) is 15.8. The molecule has 5 heteroatoms. The molecule has 5 nitrogen and oxygen atoms in total. The summed E-state index contributed by atoms with van der Waals surface area (Å²) in [6.45, 7) is -0.119. The first-order valence-corrected chi connectivity index (χ1v) is 8.57. The quantitative estimate of drug-likeness (QED) is 0.931. The van der Waals surface area contributed by atoms with Crippen LogP contribution in [0.2, 0.25) is 0 Å². The van der Waals surface area contributed by atoms with E-state index >= 15 is 0 Å². The Kier molecular flexibility index (Phi) is 3.98. The van der Waals surface area contributed by atoms with E-state index in [4.69, 9.17) is 0 Å². The Hall–Kier alpha value is -2.71. The van der Waals surface area contributed by atoms with E-state index in [0.29, 0.717) is 0 Å². The summed E-state index contributed by atoms with van der Waals surface area (Å²) in [5.74, 6) is -0.0618. The maximum atomic E-state index is 12.4. The molecule has 2 heterocycles. The molecule has 3 atom stereocenters. The van der Waals surface area contributed by atoms with E-state index < -0.39 is 6.04 Å². The second kappa shape index (κ2) is 6.30. The van der Waals surface area contributed by atoms with Gasteiger partial charge in [0.05, 0.1) is 18.7 Å². The van der Waals surface area contributed by atoms with Gasteiger partial charge in [0, 0.05) is 24.2 Å². The number of nitrogens with zero attached hydrogens (tertiary/aromatic N) is 3. The minimum Gasteiger partial charge on any atom is -0.394 e. The largest absolute Gasteiger partial charge is 0.394 e. The van der Waals surface area contributed by atoms with Crippen LogP contribution in [0.25, 0.3) is 11.1 Å². The van der Waals surface area contributed by atoms with Crippen LogP contribution in [0.1, 0.15) is 24.3 Å². The first-order chi connectivity index (χ1) is 12.2. The van der Waals surface area contributed by atoms with Gasteiger partial charge in [0.15, 0.2) is 0 Å². The van der Waals surface area contributed by atoms with Crippen molar-refractivity contribution < 1.29 is 9.90 Å². The van der Waals surface area contributed by atoms with Crippen LogP contribution >= 0.6 is 0 Å². The Morgan fingerprint density at radius 2 is 2.00 bits per heavy atom. The number of aromatic nitrogens is 1. The summed E-state index contributed by atoms with van der Waals surface area (Å²) < 4.78 is 0. The fourth-order valence-electron chi connectivity index (χ4n) is 3.68. The van der Waals surface area contributed by atoms with Crippen LogP contribution in [0, 0.1) is 17.2 Å². The number of pyridine rings is 1. The van der Waals surface area contributed by atoms with Crippen molar-refractivity contribution in [1.82, 2.24) is 9.88 Å². The van der Waals surface area contributed by atoms with Crippen molar-refractivity contribution in [3.05, 3.63) is 54.4 Å². The van der Waals surface area contributed by atoms with Crippen molar-refractivity contribution in [2.75, 3.05) is 6.61 Å². The zero-order chi connectivity index (χ0) is 17.4. The number of likely N-dealkylation sites (tertiary alicyclic amines) is 1. The molecule has 1 aromatic heterocycles. The lowest BCUT2D eigenvalue weighted by molar-refractivity contribution is -0.148. The van der Waals surface area contributed by atoms with Gasteiger partial charge in [-0.25, -0.2) is 0 Å². The van der Waals surface area contributed by atoms with Crippen LogP contribution < -0.4 is 0 Å². The summed E-state index contributed by atoms with van der Waals surface area (Å²) >= 11 is 0. The lowest BCUT2D eigenvalue weighted by atomic mass is 9.75. The summed E-state index contributed by atoms with van der Waals surface area (Å²) in [5.41, 5.74) is 3.07. The SMILES string of the molecule is N#C[C@@H]1[C@H](c2ccc(-c3cccnc3)cc2)[C@@H](CO)N1C(=O)C1CC1.